The average Bonchev–Trinajstić information content (AvgIpc) is 2.71. The van der Waals surface area contributed by atoms with Gasteiger partial charge in [-0.3, -0.25) is 4.90 Å². The summed E-state index contributed by atoms with van der Waals surface area (Å²) < 4.78 is 0. The fourth-order valence-corrected chi connectivity index (χ4v) is 2.61. The number of thiazole rings is 1. The highest BCUT2D eigenvalue weighted by atomic mass is 32.1. The molecule has 2 heterocycles. The second-order valence-electron chi connectivity index (χ2n) is 3.84. The molecule has 0 radical (unpaired) electrons. The van der Waals surface area contributed by atoms with Gasteiger partial charge in [0.15, 0.2) is 0 Å². The Morgan fingerprint density at radius 1 is 1.57 bits per heavy atom. The molecular weight excluding hydrogens is 194 g/mol. The molecule has 3 nitrogen and oxygen atoms in total. The Hall–Kier alpha value is -0.450. The molecule has 1 saturated heterocycles. The second kappa shape index (κ2) is 4.87. The lowest BCUT2D eigenvalue weighted by Gasteiger charge is -2.34. The van der Waals surface area contributed by atoms with E-state index in [2.05, 4.69) is 15.3 Å². The third-order valence-corrected chi connectivity index (χ3v) is 3.50. The van der Waals surface area contributed by atoms with Gasteiger partial charge in [-0.25, -0.2) is 4.98 Å². The molecule has 0 aliphatic carbocycles. The smallest absolute Gasteiger partial charge is 0.0795 e. The number of hydrogen-bond acceptors (Lipinski definition) is 4. The summed E-state index contributed by atoms with van der Waals surface area (Å²) in [7, 11) is 0. The van der Waals surface area contributed by atoms with Crippen LogP contribution in [0.4, 0.5) is 0 Å². The Morgan fingerprint density at radius 3 is 3.21 bits per heavy atom. The number of nitrogens with zero attached hydrogens (tertiary/aromatic N) is 2. The van der Waals surface area contributed by atoms with Crippen molar-refractivity contribution in [3.05, 3.63) is 16.6 Å². The predicted octanol–water partition coefficient (Wildman–Crippen LogP) is 1.46. The van der Waals surface area contributed by atoms with Gasteiger partial charge in [0.2, 0.25) is 0 Å². The lowest BCUT2D eigenvalue weighted by atomic mass is 10.0. The van der Waals surface area contributed by atoms with Gasteiger partial charge in [-0.15, -0.1) is 11.3 Å². The summed E-state index contributed by atoms with van der Waals surface area (Å²) in [5.74, 6) is 0. The fourth-order valence-electron chi connectivity index (χ4n) is 2.06. The molecule has 1 aliphatic heterocycles. The molecule has 0 bridgehead atoms. The van der Waals surface area contributed by atoms with Gasteiger partial charge in [-0.1, -0.05) is 6.42 Å². The van der Waals surface area contributed by atoms with E-state index in [1.807, 2.05) is 5.51 Å². The van der Waals surface area contributed by atoms with Crippen LogP contribution in [0.5, 0.6) is 0 Å². The zero-order valence-electron chi connectivity index (χ0n) is 8.35. The normalized spacial score (nSPS) is 23.9. The summed E-state index contributed by atoms with van der Waals surface area (Å²) in [4.78, 5) is 6.79. The van der Waals surface area contributed by atoms with Crippen molar-refractivity contribution in [2.24, 2.45) is 5.73 Å². The summed E-state index contributed by atoms with van der Waals surface area (Å²) >= 11 is 1.67. The van der Waals surface area contributed by atoms with Crippen LogP contribution in [0.2, 0.25) is 0 Å². The molecule has 1 aromatic rings. The van der Waals surface area contributed by atoms with Gasteiger partial charge >= 0.3 is 0 Å². The molecule has 2 N–H and O–H groups in total. The zero-order chi connectivity index (χ0) is 9.80. The maximum atomic E-state index is 5.76. The molecule has 2 rings (SSSR count). The fraction of sp³-hybridized carbons (Fsp3) is 0.700. The van der Waals surface area contributed by atoms with Gasteiger partial charge in [-0.2, -0.15) is 0 Å². The average molecular weight is 211 g/mol. The van der Waals surface area contributed by atoms with Crippen molar-refractivity contribution in [3.63, 3.8) is 0 Å². The Morgan fingerprint density at radius 2 is 2.50 bits per heavy atom. The van der Waals surface area contributed by atoms with Crippen LogP contribution in [0, 0.1) is 0 Å². The molecule has 1 atom stereocenters. The van der Waals surface area contributed by atoms with Crippen LogP contribution in [0.3, 0.4) is 0 Å². The molecule has 1 aliphatic rings. The highest BCUT2D eigenvalue weighted by Gasteiger charge is 2.21. The van der Waals surface area contributed by atoms with Crippen molar-refractivity contribution >= 4 is 11.3 Å². The number of aromatic nitrogens is 1. The zero-order valence-corrected chi connectivity index (χ0v) is 9.17. The molecule has 0 aromatic carbocycles. The van der Waals surface area contributed by atoms with E-state index in [-0.39, 0.29) is 0 Å². The molecular formula is C10H17N3S. The Balaban J connectivity index is 1.94. The van der Waals surface area contributed by atoms with Crippen LogP contribution >= 0.6 is 11.3 Å². The number of nitrogens with two attached hydrogens (primary N) is 1. The van der Waals surface area contributed by atoms with Crippen LogP contribution in [0.1, 0.15) is 25.0 Å². The first-order valence-corrected chi connectivity index (χ1v) is 6.15. The highest BCUT2D eigenvalue weighted by Crippen LogP contribution is 2.18. The predicted molar refractivity (Wildman–Crippen MR) is 59.2 cm³/mol. The minimum atomic E-state index is 0.574. The van der Waals surface area contributed by atoms with Crippen LogP contribution in [0.15, 0.2) is 10.9 Å². The maximum Gasteiger partial charge on any atom is 0.0795 e. The molecule has 14 heavy (non-hydrogen) atoms. The minimum absolute atomic E-state index is 0.574. The van der Waals surface area contributed by atoms with Crippen LogP contribution in [-0.2, 0) is 6.54 Å². The summed E-state index contributed by atoms with van der Waals surface area (Å²) in [5.41, 5.74) is 8.85. The number of hydrogen-bond donors (Lipinski definition) is 1. The molecule has 1 unspecified atom stereocenters. The van der Waals surface area contributed by atoms with Crippen molar-refractivity contribution < 1.29 is 0 Å². The van der Waals surface area contributed by atoms with E-state index in [1.54, 1.807) is 11.3 Å². The van der Waals surface area contributed by atoms with E-state index < -0.39 is 0 Å². The lowest BCUT2D eigenvalue weighted by Crippen LogP contribution is -2.43. The van der Waals surface area contributed by atoms with E-state index in [4.69, 9.17) is 5.73 Å². The van der Waals surface area contributed by atoms with Crippen LogP contribution in [-0.4, -0.2) is 29.0 Å². The van der Waals surface area contributed by atoms with Gasteiger partial charge in [0, 0.05) is 24.5 Å². The Bertz CT molecular complexity index is 260. The van der Waals surface area contributed by atoms with Crippen molar-refractivity contribution in [3.8, 4) is 0 Å². The molecule has 0 saturated carbocycles. The van der Waals surface area contributed by atoms with Gasteiger partial charge < -0.3 is 5.73 Å². The first kappa shape index (κ1) is 10.1. The van der Waals surface area contributed by atoms with E-state index in [0.29, 0.717) is 6.04 Å². The standard InChI is InChI=1S/C10H17N3S/c11-5-10-3-1-2-4-13(10)6-9-7-14-8-12-9/h7-8,10H,1-6,11H2. The van der Waals surface area contributed by atoms with Crippen molar-refractivity contribution in [2.45, 2.75) is 31.8 Å². The Labute approximate surface area is 88.9 Å². The number of likely N-dealkylation sites (tertiary alicyclic amines) is 1. The molecule has 0 spiro atoms. The largest absolute Gasteiger partial charge is 0.329 e. The first-order chi connectivity index (χ1) is 6.90. The number of piperidine rings is 1. The summed E-state index contributed by atoms with van der Waals surface area (Å²) in [6.07, 6.45) is 3.89. The third kappa shape index (κ3) is 2.32. The molecule has 4 heteroatoms. The van der Waals surface area contributed by atoms with Crippen molar-refractivity contribution in [2.75, 3.05) is 13.1 Å². The van der Waals surface area contributed by atoms with Gasteiger partial charge in [-0.05, 0) is 19.4 Å². The van der Waals surface area contributed by atoms with Crippen molar-refractivity contribution in [1.82, 2.24) is 9.88 Å². The minimum Gasteiger partial charge on any atom is -0.329 e. The highest BCUT2D eigenvalue weighted by molar-refractivity contribution is 7.07. The summed E-state index contributed by atoms with van der Waals surface area (Å²) in [6, 6.07) is 0.574. The Kier molecular flexibility index (Phi) is 3.50. The first-order valence-electron chi connectivity index (χ1n) is 5.21. The maximum absolute atomic E-state index is 5.76. The van der Waals surface area contributed by atoms with Gasteiger partial charge in [0.05, 0.1) is 11.2 Å². The summed E-state index contributed by atoms with van der Waals surface area (Å²) in [6.45, 7) is 2.94. The van der Waals surface area contributed by atoms with Crippen LogP contribution < -0.4 is 5.73 Å². The molecule has 0 amide bonds. The van der Waals surface area contributed by atoms with E-state index in [0.717, 1.165) is 13.1 Å². The topological polar surface area (TPSA) is 42.1 Å². The van der Waals surface area contributed by atoms with Gasteiger partial charge in [0.25, 0.3) is 0 Å². The van der Waals surface area contributed by atoms with Crippen LogP contribution in [0.25, 0.3) is 0 Å². The van der Waals surface area contributed by atoms with Crippen molar-refractivity contribution in [1.29, 1.82) is 0 Å². The quantitative estimate of drug-likeness (QED) is 0.823. The van der Waals surface area contributed by atoms with E-state index >= 15 is 0 Å². The monoisotopic (exact) mass is 211 g/mol. The second-order valence-corrected chi connectivity index (χ2v) is 4.55. The van der Waals surface area contributed by atoms with E-state index in [1.165, 1.54) is 31.5 Å². The molecule has 1 fully saturated rings. The summed E-state index contributed by atoms with van der Waals surface area (Å²) in [5, 5.41) is 2.13. The number of rotatable bonds is 3. The third-order valence-electron chi connectivity index (χ3n) is 2.87. The molecule has 78 valence electrons. The van der Waals surface area contributed by atoms with Gasteiger partial charge in [0.1, 0.15) is 0 Å². The molecule has 1 aromatic heterocycles. The lowest BCUT2D eigenvalue weighted by molar-refractivity contribution is 0.143. The van der Waals surface area contributed by atoms with E-state index in [9.17, 15) is 0 Å². The SMILES string of the molecule is NCC1CCCCN1Cc1cscn1.